The lowest BCUT2D eigenvalue weighted by Gasteiger charge is -2.32. The third-order valence-corrected chi connectivity index (χ3v) is 4.98. The molecule has 0 saturated heterocycles. The molecule has 0 aliphatic carbocycles. The monoisotopic (exact) mass is 328 g/mol. The van der Waals surface area contributed by atoms with Crippen LogP contribution in [0.4, 0.5) is 0 Å². The number of phenolic OH excluding ortho intramolecular Hbond substituents is 2. The smallest absolute Gasteiger partial charge is 0.160 e. The van der Waals surface area contributed by atoms with Crippen LogP contribution in [0.1, 0.15) is 51.7 Å². The zero-order chi connectivity index (χ0) is 18.0. The van der Waals surface area contributed by atoms with Gasteiger partial charge in [0.15, 0.2) is 11.5 Å². The van der Waals surface area contributed by atoms with Crippen molar-refractivity contribution in [3.05, 3.63) is 53.6 Å². The molecule has 0 amide bonds. The van der Waals surface area contributed by atoms with E-state index in [2.05, 4.69) is 27.7 Å². The number of ether oxygens (including phenoxy) is 1. The SMILES string of the molecule is COc1cc(C(C)(C)CCC(C)(C)c2ccc(O)cc2)ccc1O. The third-order valence-electron chi connectivity index (χ3n) is 4.98. The summed E-state index contributed by atoms with van der Waals surface area (Å²) in [6.45, 7) is 8.89. The minimum Gasteiger partial charge on any atom is -0.508 e. The van der Waals surface area contributed by atoms with Crippen LogP contribution in [-0.2, 0) is 10.8 Å². The Morgan fingerprint density at radius 1 is 0.792 bits per heavy atom. The average molecular weight is 328 g/mol. The lowest BCUT2D eigenvalue weighted by atomic mass is 9.73. The molecule has 3 nitrogen and oxygen atoms in total. The lowest BCUT2D eigenvalue weighted by Crippen LogP contribution is -2.24. The molecule has 0 saturated carbocycles. The predicted octanol–water partition coefficient (Wildman–Crippen LogP) is 5.14. The quantitative estimate of drug-likeness (QED) is 0.771. The maximum Gasteiger partial charge on any atom is 0.160 e. The van der Waals surface area contributed by atoms with E-state index < -0.39 is 0 Å². The molecular weight excluding hydrogens is 300 g/mol. The van der Waals surface area contributed by atoms with E-state index in [0.717, 1.165) is 18.4 Å². The van der Waals surface area contributed by atoms with Crippen molar-refractivity contribution in [3.8, 4) is 17.2 Å². The highest BCUT2D eigenvalue weighted by molar-refractivity contribution is 5.44. The summed E-state index contributed by atoms with van der Waals surface area (Å²) < 4.78 is 5.23. The first-order valence-corrected chi connectivity index (χ1v) is 8.33. The number of hydrogen-bond acceptors (Lipinski definition) is 3. The standard InChI is InChI=1S/C21H28O3/c1-20(2,15-6-9-17(22)10-7-15)12-13-21(3,4)16-8-11-18(23)19(14-16)24-5/h6-11,14,22-23H,12-13H2,1-5H3. The zero-order valence-electron chi connectivity index (χ0n) is 15.3. The molecule has 0 bridgehead atoms. The van der Waals surface area contributed by atoms with Gasteiger partial charge in [0.25, 0.3) is 0 Å². The summed E-state index contributed by atoms with van der Waals surface area (Å²) in [6.07, 6.45) is 2.00. The Morgan fingerprint density at radius 2 is 1.29 bits per heavy atom. The Balaban J connectivity index is 2.15. The van der Waals surface area contributed by atoms with Gasteiger partial charge >= 0.3 is 0 Å². The molecule has 3 heteroatoms. The van der Waals surface area contributed by atoms with Crippen LogP contribution < -0.4 is 4.74 Å². The Morgan fingerprint density at radius 3 is 1.83 bits per heavy atom. The molecule has 0 spiro atoms. The highest BCUT2D eigenvalue weighted by Crippen LogP contribution is 2.38. The second kappa shape index (κ2) is 6.76. The van der Waals surface area contributed by atoms with Crippen molar-refractivity contribution in [2.24, 2.45) is 0 Å². The molecule has 0 unspecified atom stereocenters. The molecule has 2 rings (SSSR count). The van der Waals surface area contributed by atoms with Crippen LogP contribution in [0.15, 0.2) is 42.5 Å². The van der Waals surface area contributed by atoms with Gasteiger partial charge in [-0.15, -0.1) is 0 Å². The van der Waals surface area contributed by atoms with Gasteiger partial charge < -0.3 is 14.9 Å². The van der Waals surface area contributed by atoms with E-state index >= 15 is 0 Å². The van der Waals surface area contributed by atoms with Crippen molar-refractivity contribution in [1.29, 1.82) is 0 Å². The number of benzene rings is 2. The first kappa shape index (κ1) is 18.2. The summed E-state index contributed by atoms with van der Waals surface area (Å²) in [5.74, 6) is 0.978. The normalized spacial score (nSPS) is 12.2. The maximum absolute atomic E-state index is 9.79. The zero-order valence-corrected chi connectivity index (χ0v) is 15.3. The molecule has 2 aromatic carbocycles. The minimum absolute atomic E-state index is 0.0198. The van der Waals surface area contributed by atoms with Gasteiger partial charge in [-0.25, -0.2) is 0 Å². The van der Waals surface area contributed by atoms with Gasteiger partial charge in [-0.3, -0.25) is 0 Å². The summed E-state index contributed by atoms with van der Waals surface area (Å²) in [4.78, 5) is 0. The van der Waals surface area contributed by atoms with Crippen molar-refractivity contribution >= 4 is 0 Å². The summed E-state index contributed by atoms with van der Waals surface area (Å²) >= 11 is 0. The van der Waals surface area contributed by atoms with E-state index in [-0.39, 0.29) is 16.6 Å². The molecule has 0 heterocycles. The molecule has 24 heavy (non-hydrogen) atoms. The number of phenols is 2. The summed E-state index contributed by atoms with van der Waals surface area (Å²) in [5, 5.41) is 19.3. The fraction of sp³-hybridized carbons (Fsp3) is 0.429. The lowest BCUT2D eigenvalue weighted by molar-refractivity contribution is 0.361. The Labute approximate surface area is 144 Å². The molecule has 0 aromatic heterocycles. The molecule has 2 aromatic rings. The van der Waals surface area contributed by atoms with Gasteiger partial charge in [-0.2, -0.15) is 0 Å². The topological polar surface area (TPSA) is 49.7 Å². The van der Waals surface area contributed by atoms with Crippen molar-refractivity contribution < 1.29 is 14.9 Å². The van der Waals surface area contributed by atoms with Crippen LogP contribution in [0.3, 0.4) is 0 Å². The van der Waals surface area contributed by atoms with Gasteiger partial charge in [0.2, 0.25) is 0 Å². The van der Waals surface area contributed by atoms with E-state index in [0.29, 0.717) is 11.5 Å². The van der Waals surface area contributed by atoms with Crippen molar-refractivity contribution in [2.75, 3.05) is 7.11 Å². The predicted molar refractivity (Wildman–Crippen MR) is 98.1 cm³/mol. The van der Waals surface area contributed by atoms with Crippen LogP contribution in [-0.4, -0.2) is 17.3 Å². The fourth-order valence-electron chi connectivity index (χ4n) is 2.92. The van der Waals surface area contributed by atoms with Gasteiger partial charge in [0.1, 0.15) is 5.75 Å². The van der Waals surface area contributed by atoms with Gasteiger partial charge in [0.05, 0.1) is 7.11 Å². The molecule has 2 N–H and O–H groups in total. The second-order valence-electron chi connectivity index (χ2n) is 7.70. The summed E-state index contributed by atoms with van der Waals surface area (Å²) in [7, 11) is 1.57. The van der Waals surface area contributed by atoms with Crippen molar-refractivity contribution in [2.45, 2.75) is 51.4 Å². The van der Waals surface area contributed by atoms with Gasteiger partial charge in [0, 0.05) is 0 Å². The fourth-order valence-corrected chi connectivity index (χ4v) is 2.92. The highest BCUT2D eigenvalue weighted by Gasteiger charge is 2.27. The van der Waals surface area contributed by atoms with Gasteiger partial charge in [-0.05, 0) is 59.1 Å². The Hall–Kier alpha value is -2.16. The summed E-state index contributed by atoms with van der Waals surface area (Å²) in [5.41, 5.74) is 2.36. The molecule has 0 aliphatic heterocycles. The van der Waals surface area contributed by atoms with E-state index in [9.17, 15) is 10.2 Å². The van der Waals surface area contributed by atoms with E-state index in [1.807, 2.05) is 24.3 Å². The number of aromatic hydroxyl groups is 2. The van der Waals surface area contributed by atoms with E-state index in [4.69, 9.17) is 4.74 Å². The van der Waals surface area contributed by atoms with Crippen LogP contribution >= 0.6 is 0 Å². The van der Waals surface area contributed by atoms with Gasteiger partial charge in [-0.1, -0.05) is 45.9 Å². The minimum atomic E-state index is -0.0326. The Bertz CT molecular complexity index is 685. The van der Waals surface area contributed by atoms with Crippen LogP contribution in [0.2, 0.25) is 0 Å². The summed E-state index contributed by atoms with van der Waals surface area (Å²) in [6, 6.07) is 13.0. The molecule has 0 fully saturated rings. The van der Waals surface area contributed by atoms with Crippen molar-refractivity contribution in [3.63, 3.8) is 0 Å². The van der Waals surface area contributed by atoms with E-state index in [1.54, 1.807) is 25.3 Å². The third kappa shape index (κ3) is 4.02. The molecule has 0 radical (unpaired) electrons. The molecule has 130 valence electrons. The van der Waals surface area contributed by atoms with Crippen LogP contribution in [0.25, 0.3) is 0 Å². The first-order chi connectivity index (χ1) is 11.2. The number of rotatable bonds is 6. The van der Waals surface area contributed by atoms with Crippen LogP contribution in [0, 0.1) is 0 Å². The van der Waals surface area contributed by atoms with E-state index in [1.165, 1.54) is 5.56 Å². The molecule has 0 aliphatic rings. The highest BCUT2D eigenvalue weighted by atomic mass is 16.5. The molecular formula is C21H28O3. The van der Waals surface area contributed by atoms with Crippen LogP contribution in [0.5, 0.6) is 17.2 Å². The largest absolute Gasteiger partial charge is 0.508 e. The second-order valence-corrected chi connectivity index (χ2v) is 7.70. The molecule has 0 atom stereocenters. The first-order valence-electron chi connectivity index (χ1n) is 8.33. The van der Waals surface area contributed by atoms with Crippen molar-refractivity contribution in [1.82, 2.24) is 0 Å². The average Bonchev–Trinajstić information content (AvgIpc) is 2.54. The maximum atomic E-state index is 9.79. The number of hydrogen-bond donors (Lipinski definition) is 2. The Kier molecular flexibility index (Phi) is 5.12. The number of methoxy groups -OCH3 is 1.